The number of hydrogen-bond donors (Lipinski definition) is 5. The third kappa shape index (κ3) is 7.29. The van der Waals surface area contributed by atoms with Crippen LogP contribution in [-0.4, -0.2) is 71.7 Å². The summed E-state index contributed by atoms with van der Waals surface area (Å²) in [5.41, 5.74) is 2.57. The minimum absolute atomic E-state index is 0.00523. The first-order valence-corrected chi connectivity index (χ1v) is 18.3. The van der Waals surface area contributed by atoms with Crippen molar-refractivity contribution in [3.05, 3.63) is 143 Å². The van der Waals surface area contributed by atoms with Crippen molar-refractivity contribution in [1.29, 1.82) is 0 Å². The predicted molar refractivity (Wildman–Crippen MR) is 199 cm³/mol. The molecule has 5 N–H and O–H groups in total. The molecule has 4 aromatic carbocycles. The van der Waals surface area contributed by atoms with Crippen molar-refractivity contribution in [3.63, 3.8) is 0 Å². The normalized spacial score (nSPS) is 30.8. The summed E-state index contributed by atoms with van der Waals surface area (Å²) in [4.78, 5) is 24.9. The van der Waals surface area contributed by atoms with Gasteiger partial charge in [-0.1, -0.05) is 109 Å². The van der Waals surface area contributed by atoms with Gasteiger partial charge in [0, 0.05) is 20.2 Å². The van der Waals surface area contributed by atoms with Crippen LogP contribution in [0.4, 0.5) is 0 Å². The summed E-state index contributed by atoms with van der Waals surface area (Å²) in [5, 5.41) is 36.6. The van der Waals surface area contributed by atoms with Crippen LogP contribution in [0.5, 0.6) is 0 Å². The van der Waals surface area contributed by atoms with Crippen LogP contribution in [0.15, 0.2) is 109 Å². The van der Waals surface area contributed by atoms with E-state index < -0.39 is 11.2 Å². The molecule has 9 heteroatoms. The minimum atomic E-state index is -1.22. The summed E-state index contributed by atoms with van der Waals surface area (Å²) in [5.74, 6) is -0.545. The number of amides is 2. The molecule has 0 aromatic heterocycles. The van der Waals surface area contributed by atoms with Crippen LogP contribution in [-0.2, 0) is 30.3 Å². The Kier molecular flexibility index (Phi) is 11.6. The summed E-state index contributed by atoms with van der Waals surface area (Å²) in [6, 6.07) is 34.8. The predicted octanol–water partition coefficient (Wildman–Crippen LogP) is 5.02. The third-order valence-electron chi connectivity index (χ3n) is 11.0. The van der Waals surface area contributed by atoms with Crippen molar-refractivity contribution < 1.29 is 34.4 Å². The number of aliphatic hydroxyl groups is 3. The van der Waals surface area contributed by atoms with Gasteiger partial charge in [-0.3, -0.25) is 9.59 Å². The molecule has 0 radical (unpaired) electrons. The van der Waals surface area contributed by atoms with Gasteiger partial charge in [0.15, 0.2) is 0 Å². The van der Waals surface area contributed by atoms with Crippen molar-refractivity contribution in [3.8, 4) is 0 Å². The molecule has 0 unspecified atom stereocenters. The van der Waals surface area contributed by atoms with E-state index in [1.165, 1.54) is 0 Å². The Morgan fingerprint density at radius 2 is 0.904 bits per heavy atom. The maximum atomic E-state index is 12.4. The van der Waals surface area contributed by atoms with E-state index >= 15 is 0 Å². The maximum Gasteiger partial charge on any atom is 0.227 e. The van der Waals surface area contributed by atoms with E-state index in [0.29, 0.717) is 13.1 Å². The van der Waals surface area contributed by atoms with Crippen LogP contribution in [0.25, 0.3) is 0 Å². The second kappa shape index (κ2) is 16.1. The lowest BCUT2D eigenvalue weighted by molar-refractivity contribution is -0.124. The SMILES string of the molecule is CO.C[C@@H]1C(=O)NC[C@H]2CC[C@@H](O2)[C@@](O)(c2ccccc2)c2cccc1c2.C[C@@H]1C(=O)NC[C@H]2CC[C@@H](O2)[C@@](O)(c2ccccc2)c2cccc1c2. The van der Waals surface area contributed by atoms with Gasteiger partial charge in [0.05, 0.1) is 36.3 Å². The first-order chi connectivity index (χ1) is 25.2. The number of rotatable bonds is 2. The number of carbonyl (C=O) groups excluding carboxylic acids is 2. The Bertz CT molecular complexity index is 1690. The number of ether oxygens (including phenoxy) is 2. The molecule has 8 atom stereocenters. The Morgan fingerprint density at radius 1 is 0.538 bits per heavy atom. The fourth-order valence-corrected chi connectivity index (χ4v) is 7.92. The first kappa shape index (κ1) is 37.4. The van der Waals surface area contributed by atoms with E-state index in [9.17, 15) is 19.8 Å². The highest BCUT2D eigenvalue weighted by Gasteiger charge is 2.47. The highest BCUT2D eigenvalue weighted by Crippen LogP contribution is 2.43. The zero-order valence-corrected chi connectivity index (χ0v) is 30.1. The molecular weight excluding hydrogens is 656 g/mol. The standard InChI is InChI=1S/2C21H23NO3.CH4O/c2*1-14-15-6-5-9-17(12-15)21(24,16-7-3-2-4-8-16)19-11-10-18(25-19)13-22-20(14)23;1-2/h2*2-9,12,14,18-19,24H,10-11,13H2,1H3,(H,22,23);2H,1H3/t2*14-,18+,19+,21+;/m00./s1. The second-order valence-electron chi connectivity index (χ2n) is 14.1. The summed E-state index contributed by atoms with van der Waals surface area (Å²) < 4.78 is 12.4. The first-order valence-electron chi connectivity index (χ1n) is 18.3. The molecule has 2 saturated heterocycles. The van der Waals surface area contributed by atoms with Gasteiger partial charge in [-0.15, -0.1) is 0 Å². The topological polar surface area (TPSA) is 137 Å². The highest BCUT2D eigenvalue weighted by atomic mass is 16.5. The van der Waals surface area contributed by atoms with Gasteiger partial charge < -0.3 is 35.4 Å². The Labute approximate surface area is 306 Å². The summed E-state index contributed by atoms with van der Waals surface area (Å²) in [6.07, 6.45) is 2.38. The molecule has 274 valence electrons. The molecule has 0 saturated carbocycles. The molecule has 52 heavy (non-hydrogen) atoms. The molecule has 4 aromatic rings. The van der Waals surface area contributed by atoms with Crippen LogP contribution in [0, 0.1) is 0 Å². The number of benzene rings is 4. The van der Waals surface area contributed by atoms with Gasteiger partial charge in [0.25, 0.3) is 0 Å². The number of carbonyl (C=O) groups is 2. The average molecular weight is 707 g/mol. The monoisotopic (exact) mass is 706 g/mol. The fourth-order valence-electron chi connectivity index (χ4n) is 7.92. The lowest BCUT2D eigenvalue weighted by atomic mass is 9.79. The van der Waals surface area contributed by atoms with Gasteiger partial charge >= 0.3 is 0 Å². The zero-order chi connectivity index (χ0) is 36.9. The van der Waals surface area contributed by atoms with Gasteiger partial charge in [-0.05, 0) is 72.9 Å². The van der Waals surface area contributed by atoms with Crippen LogP contribution in [0.1, 0.15) is 84.7 Å². The number of fused-ring (bicyclic) bond motifs is 8. The van der Waals surface area contributed by atoms with E-state index in [0.717, 1.165) is 66.2 Å². The summed E-state index contributed by atoms with van der Waals surface area (Å²) >= 11 is 0. The van der Waals surface area contributed by atoms with E-state index in [2.05, 4.69) is 10.6 Å². The molecule has 2 fully saturated rings. The summed E-state index contributed by atoms with van der Waals surface area (Å²) in [7, 11) is 1.00. The molecule has 4 aliphatic heterocycles. The molecule has 0 aliphatic carbocycles. The maximum absolute atomic E-state index is 12.4. The van der Waals surface area contributed by atoms with E-state index in [4.69, 9.17) is 14.6 Å². The second-order valence-corrected chi connectivity index (χ2v) is 14.1. The van der Waals surface area contributed by atoms with Crippen LogP contribution in [0.3, 0.4) is 0 Å². The Morgan fingerprint density at radius 3 is 1.29 bits per heavy atom. The molecule has 9 nitrogen and oxygen atoms in total. The number of hydrogen-bond acceptors (Lipinski definition) is 7. The quantitative estimate of drug-likeness (QED) is 0.198. The van der Waals surface area contributed by atoms with Crippen LogP contribution < -0.4 is 10.6 Å². The van der Waals surface area contributed by atoms with E-state index in [-0.39, 0.29) is 48.1 Å². The number of aliphatic hydroxyl groups excluding tert-OH is 1. The lowest BCUT2D eigenvalue weighted by Crippen LogP contribution is -2.41. The third-order valence-corrected chi connectivity index (χ3v) is 11.0. The van der Waals surface area contributed by atoms with Gasteiger partial charge in [0.2, 0.25) is 11.8 Å². The molecule has 8 rings (SSSR count). The van der Waals surface area contributed by atoms with Gasteiger partial charge in [-0.25, -0.2) is 0 Å². The Hall–Kier alpha value is -4.38. The molecule has 0 spiro atoms. The average Bonchev–Trinajstić information content (AvgIpc) is 3.90. The number of nitrogens with one attached hydrogen (secondary N) is 2. The zero-order valence-electron chi connectivity index (χ0n) is 30.1. The minimum Gasteiger partial charge on any atom is -0.400 e. The van der Waals surface area contributed by atoms with Crippen molar-refractivity contribution in [2.45, 2.75) is 87.0 Å². The van der Waals surface area contributed by atoms with Gasteiger partial charge in [-0.2, -0.15) is 0 Å². The van der Waals surface area contributed by atoms with Crippen molar-refractivity contribution >= 4 is 11.8 Å². The van der Waals surface area contributed by atoms with Crippen molar-refractivity contribution in [2.24, 2.45) is 0 Å². The molecule has 2 amide bonds. The van der Waals surface area contributed by atoms with E-state index in [1.807, 2.05) is 123 Å². The fraction of sp³-hybridized carbons (Fsp3) is 0.395. The largest absolute Gasteiger partial charge is 0.400 e. The highest BCUT2D eigenvalue weighted by molar-refractivity contribution is 5.84. The smallest absolute Gasteiger partial charge is 0.227 e. The Balaban J connectivity index is 0.000000171. The van der Waals surface area contributed by atoms with Crippen molar-refractivity contribution in [1.82, 2.24) is 10.6 Å². The molecular formula is C43H50N2O7. The van der Waals surface area contributed by atoms with Gasteiger partial charge in [0.1, 0.15) is 11.2 Å². The summed E-state index contributed by atoms with van der Waals surface area (Å²) in [6.45, 7) is 4.77. The molecule has 8 bridgehead atoms. The lowest BCUT2D eigenvalue weighted by Gasteiger charge is -2.35. The van der Waals surface area contributed by atoms with Crippen molar-refractivity contribution in [2.75, 3.05) is 20.2 Å². The van der Waals surface area contributed by atoms with Crippen LogP contribution in [0.2, 0.25) is 0 Å². The molecule has 4 aliphatic rings. The van der Waals surface area contributed by atoms with Crippen LogP contribution >= 0.6 is 0 Å². The molecule has 4 heterocycles. The van der Waals surface area contributed by atoms with E-state index in [1.54, 1.807) is 0 Å².